The van der Waals surface area contributed by atoms with E-state index in [0.717, 1.165) is 5.56 Å². The van der Waals surface area contributed by atoms with Crippen molar-refractivity contribution in [1.82, 2.24) is 10.6 Å². The molecule has 3 N–H and O–H groups in total. The molecule has 2 unspecified atom stereocenters. The highest BCUT2D eigenvalue weighted by Crippen LogP contribution is 2.23. The maximum Gasteiger partial charge on any atom is 0.269 e. The molecule has 0 aromatic heterocycles. The van der Waals surface area contributed by atoms with Crippen molar-refractivity contribution in [3.05, 3.63) is 81.6 Å². The van der Waals surface area contributed by atoms with Gasteiger partial charge in [0.2, 0.25) is 11.8 Å². The van der Waals surface area contributed by atoms with Crippen LogP contribution >= 0.6 is 0 Å². The maximum atomic E-state index is 13.1. The van der Waals surface area contributed by atoms with Crippen LogP contribution in [0.2, 0.25) is 0 Å². The van der Waals surface area contributed by atoms with Crippen LogP contribution in [0.1, 0.15) is 38.3 Å². The van der Waals surface area contributed by atoms with Gasteiger partial charge in [-0.1, -0.05) is 44.2 Å². The van der Waals surface area contributed by atoms with E-state index in [-0.39, 0.29) is 40.8 Å². The predicted octanol–water partition coefficient (Wildman–Crippen LogP) is 3.67. The summed E-state index contributed by atoms with van der Waals surface area (Å²) in [6.45, 7) is 5.16. The number of aliphatic hydroxyl groups excluding tert-OH is 1. The van der Waals surface area contributed by atoms with Crippen LogP contribution in [-0.4, -0.2) is 33.9 Å². The van der Waals surface area contributed by atoms with Gasteiger partial charge in [0, 0.05) is 19.1 Å². The van der Waals surface area contributed by atoms with Crippen LogP contribution in [0, 0.1) is 27.4 Å². The summed E-state index contributed by atoms with van der Waals surface area (Å²) in [6, 6.07) is 14.5. The van der Waals surface area contributed by atoms with E-state index < -0.39 is 22.9 Å². The van der Waals surface area contributed by atoms with Crippen LogP contribution in [0.5, 0.6) is 0 Å². The molecule has 0 fully saturated rings. The van der Waals surface area contributed by atoms with Crippen molar-refractivity contribution in [3.8, 4) is 6.07 Å². The Morgan fingerprint density at radius 2 is 1.68 bits per heavy atom. The van der Waals surface area contributed by atoms with E-state index in [0.29, 0.717) is 6.42 Å². The molecule has 2 amide bonds. The molecule has 0 spiro atoms. The molecule has 0 aliphatic carbocycles. The summed E-state index contributed by atoms with van der Waals surface area (Å²) in [6.07, 6.45) is 0.576. The zero-order chi connectivity index (χ0) is 25.3. The number of amides is 2. The van der Waals surface area contributed by atoms with Crippen molar-refractivity contribution in [2.45, 2.75) is 45.7 Å². The molecule has 0 saturated heterocycles. The number of carbonyl (C=O) groups excluding carboxylic acids is 2. The average molecular weight is 465 g/mol. The summed E-state index contributed by atoms with van der Waals surface area (Å²) in [7, 11) is 0. The van der Waals surface area contributed by atoms with Crippen molar-refractivity contribution in [3.63, 3.8) is 0 Å². The van der Waals surface area contributed by atoms with Gasteiger partial charge in [0.25, 0.3) is 5.69 Å². The minimum atomic E-state index is -0.969. The summed E-state index contributed by atoms with van der Waals surface area (Å²) < 4.78 is 0. The van der Waals surface area contributed by atoms with Crippen molar-refractivity contribution >= 4 is 23.1 Å². The van der Waals surface area contributed by atoms with Gasteiger partial charge in [0.05, 0.1) is 16.5 Å². The monoisotopic (exact) mass is 464 g/mol. The van der Waals surface area contributed by atoms with Gasteiger partial charge in [-0.2, -0.15) is 5.26 Å². The molecule has 9 nitrogen and oxygen atoms in total. The Bertz CT molecular complexity index is 1090. The molecule has 34 heavy (non-hydrogen) atoms. The third kappa shape index (κ3) is 7.45. The number of non-ortho nitro benzene ring substituents is 1. The lowest BCUT2D eigenvalue weighted by molar-refractivity contribution is -0.384. The van der Waals surface area contributed by atoms with Crippen LogP contribution in [0.15, 0.2) is 60.4 Å². The van der Waals surface area contributed by atoms with E-state index in [1.807, 2.05) is 50.2 Å². The number of hydrogen-bond acceptors (Lipinski definition) is 6. The standard InChI is InChI=1S/C25H28N4O5/c1-16(2)13-23(27-17(3)30)25(32)28-22(14-18-7-5-4-6-8-18)24(31)21(15-26)19-9-11-20(12-10-19)29(33)34/h4-12,16,22-23,31H,13-14H2,1-3H3,(H,27,30)(H,28,32)/b24-21-. The highest BCUT2D eigenvalue weighted by molar-refractivity contribution is 5.88. The Morgan fingerprint density at radius 1 is 1.06 bits per heavy atom. The number of aliphatic hydroxyl groups is 1. The number of allylic oxidation sites excluding steroid dienone is 1. The number of nitro groups is 1. The first-order valence-electron chi connectivity index (χ1n) is 10.8. The highest BCUT2D eigenvalue weighted by Gasteiger charge is 2.27. The van der Waals surface area contributed by atoms with Gasteiger partial charge in [-0.15, -0.1) is 0 Å². The van der Waals surface area contributed by atoms with E-state index in [2.05, 4.69) is 10.6 Å². The molecule has 2 aromatic carbocycles. The summed E-state index contributed by atoms with van der Waals surface area (Å²) >= 11 is 0. The van der Waals surface area contributed by atoms with Crippen molar-refractivity contribution < 1.29 is 19.6 Å². The number of carbonyl (C=O) groups is 2. The van der Waals surface area contributed by atoms with Crippen molar-refractivity contribution in [1.29, 1.82) is 5.26 Å². The fourth-order valence-corrected chi connectivity index (χ4v) is 3.48. The number of nitro benzene ring substituents is 1. The van der Waals surface area contributed by atoms with Gasteiger partial charge >= 0.3 is 0 Å². The summed E-state index contributed by atoms with van der Waals surface area (Å²) in [5.41, 5.74) is 0.816. The zero-order valence-electron chi connectivity index (χ0n) is 19.3. The van der Waals surface area contributed by atoms with E-state index in [9.17, 15) is 30.1 Å². The second-order valence-electron chi connectivity index (χ2n) is 8.31. The highest BCUT2D eigenvalue weighted by atomic mass is 16.6. The number of nitriles is 1. The topological polar surface area (TPSA) is 145 Å². The SMILES string of the molecule is CC(=O)NC(CC(C)C)C(=O)NC(Cc1ccccc1)/C(O)=C(\C#N)c1ccc([N+](=O)[O-])cc1. The van der Waals surface area contributed by atoms with Gasteiger partial charge in [-0.05, 0) is 42.0 Å². The lowest BCUT2D eigenvalue weighted by Gasteiger charge is -2.24. The number of hydrogen-bond donors (Lipinski definition) is 3. The molecule has 2 rings (SSSR count). The lowest BCUT2D eigenvalue weighted by Crippen LogP contribution is -2.50. The van der Waals surface area contributed by atoms with Crippen LogP contribution < -0.4 is 10.6 Å². The van der Waals surface area contributed by atoms with Crippen LogP contribution in [0.25, 0.3) is 5.57 Å². The smallest absolute Gasteiger partial charge is 0.269 e. The van der Waals surface area contributed by atoms with E-state index in [1.165, 1.54) is 31.2 Å². The fourth-order valence-electron chi connectivity index (χ4n) is 3.48. The predicted molar refractivity (Wildman–Crippen MR) is 127 cm³/mol. The minimum Gasteiger partial charge on any atom is -0.509 e. The van der Waals surface area contributed by atoms with Crippen LogP contribution in [0.3, 0.4) is 0 Å². The summed E-state index contributed by atoms with van der Waals surface area (Å²) in [4.78, 5) is 35.1. The third-order valence-corrected chi connectivity index (χ3v) is 5.07. The molecule has 178 valence electrons. The van der Waals surface area contributed by atoms with Crippen LogP contribution in [-0.2, 0) is 16.0 Å². The number of nitrogens with one attached hydrogen (secondary N) is 2. The molecular weight excluding hydrogens is 436 g/mol. The molecule has 0 aliphatic heterocycles. The van der Waals surface area contributed by atoms with Gasteiger partial charge in [0.15, 0.2) is 0 Å². The molecule has 0 radical (unpaired) electrons. The Kier molecular flexibility index (Phi) is 9.32. The quantitative estimate of drug-likeness (QED) is 0.212. The normalized spacial score (nSPS) is 13.3. The van der Waals surface area contributed by atoms with E-state index >= 15 is 0 Å². The van der Waals surface area contributed by atoms with Gasteiger partial charge < -0.3 is 15.7 Å². The Morgan fingerprint density at radius 3 is 2.18 bits per heavy atom. The van der Waals surface area contributed by atoms with Gasteiger partial charge in [-0.25, -0.2) is 0 Å². The minimum absolute atomic E-state index is 0.115. The molecule has 0 saturated carbocycles. The number of benzene rings is 2. The maximum absolute atomic E-state index is 13.1. The van der Waals surface area contributed by atoms with Crippen LogP contribution in [0.4, 0.5) is 5.69 Å². The first-order chi connectivity index (χ1) is 16.1. The molecule has 0 heterocycles. The third-order valence-electron chi connectivity index (χ3n) is 5.07. The van der Waals surface area contributed by atoms with Crippen molar-refractivity contribution in [2.24, 2.45) is 5.92 Å². The number of rotatable bonds is 10. The summed E-state index contributed by atoms with van der Waals surface area (Å²) in [5, 5.41) is 37.2. The second kappa shape index (κ2) is 12.2. The fraction of sp³-hybridized carbons (Fsp3) is 0.320. The second-order valence-corrected chi connectivity index (χ2v) is 8.31. The average Bonchev–Trinajstić information content (AvgIpc) is 2.79. The molecule has 0 aliphatic rings. The van der Waals surface area contributed by atoms with E-state index in [1.54, 1.807) is 0 Å². The molecule has 2 aromatic rings. The van der Waals surface area contributed by atoms with Crippen molar-refractivity contribution in [2.75, 3.05) is 0 Å². The van der Waals surface area contributed by atoms with Gasteiger partial charge in [0.1, 0.15) is 17.9 Å². The Balaban J connectivity index is 2.45. The zero-order valence-corrected chi connectivity index (χ0v) is 19.3. The molecule has 0 bridgehead atoms. The molecular formula is C25H28N4O5. The number of nitrogens with zero attached hydrogens (tertiary/aromatic N) is 2. The first-order valence-corrected chi connectivity index (χ1v) is 10.8. The Hall–Kier alpha value is -4.19. The first kappa shape index (κ1) is 26.1. The van der Waals surface area contributed by atoms with Gasteiger partial charge in [-0.3, -0.25) is 19.7 Å². The summed E-state index contributed by atoms with van der Waals surface area (Å²) in [5.74, 6) is -1.10. The van der Waals surface area contributed by atoms with E-state index in [4.69, 9.17) is 0 Å². The molecule has 2 atom stereocenters. The largest absolute Gasteiger partial charge is 0.509 e. The molecule has 9 heteroatoms. The lowest BCUT2D eigenvalue weighted by atomic mass is 9.96. The Labute approximate surface area is 198 Å².